The number of likely N-dealkylation sites (tertiary alicyclic amines) is 1. The fraction of sp³-hybridized carbons (Fsp3) is 0.333. The molecule has 1 unspecified atom stereocenters. The SMILES string of the molecule is COc1ccc(N2CC(C(=O)N3CC(c4nc(-c5cnccn5)no4)C3)CC2=O)cc1. The lowest BCUT2D eigenvalue weighted by atomic mass is 9.96. The number of ether oxygens (including phenoxy) is 1. The van der Waals surface area contributed by atoms with Gasteiger partial charge in [0.15, 0.2) is 0 Å². The topological polar surface area (TPSA) is 115 Å². The minimum atomic E-state index is -0.353. The molecular formula is C21H20N6O4. The number of carbonyl (C=O) groups is 2. The molecule has 2 amide bonds. The molecule has 0 bridgehead atoms. The first kappa shape index (κ1) is 19.2. The van der Waals surface area contributed by atoms with Gasteiger partial charge in [-0.1, -0.05) is 5.16 Å². The number of nitrogens with zero attached hydrogens (tertiary/aromatic N) is 6. The Morgan fingerprint density at radius 1 is 1.16 bits per heavy atom. The fourth-order valence-electron chi connectivity index (χ4n) is 3.88. The van der Waals surface area contributed by atoms with Gasteiger partial charge in [0, 0.05) is 44.1 Å². The first-order valence-electron chi connectivity index (χ1n) is 9.95. The molecule has 10 heteroatoms. The molecule has 31 heavy (non-hydrogen) atoms. The molecule has 1 aromatic carbocycles. The van der Waals surface area contributed by atoms with Crippen LogP contribution in [0.5, 0.6) is 5.75 Å². The highest BCUT2D eigenvalue weighted by molar-refractivity contribution is 6.00. The Balaban J connectivity index is 1.19. The van der Waals surface area contributed by atoms with Crippen molar-refractivity contribution in [3.63, 3.8) is 0 Å². The number of hydrogen-bond acceptors (Lipinski definition) is 8. The third-order valence-corrected chi connectivity index (χ3v) is 5.63. The van der Waals surface area contributed by atoms with Gasteiger partial charge in [0.05, 0.1) is 25.1 Å². The van der Waals surface area contributed by atoms with Crippen molar-refractivity contribution in [1.82, 2.24) is 25.0 Å². The number of rotatable bonds is 5. The van der Waals surface area contributed by atoms with E-state index in [-0.39, 0.29) is 30.1 Å². The molecule has 158 valence electrons. The van der Waals surface area contributed by atoms with Crippen molar-refractivity contribution in [2.45, 2.75) is 12.3 Å². The summed E-state index contributed by atoms with van der Waals surface area (Å²) in [5, 5.41) is 3.95. The maximum atomic E-state index is 12.9. The summed E-state index contributed by atoms with van der Waals surface area (Å²) < 4.78 is 10.5. The van der Waals surface area contributed by atoms with Crippen molar-refractivity contribution < 1.29 is 18.8 Å². The molecule has 2 fully saturated rings. The summed E-state index contributed by atoms with van der Waals surface area (Å²) in [7, 11) is 1.59. The number of benzene rings is 1. The largest absolute Gasteiger partial charge is 0.497 e. The maximum absolute atomic E-state index is 12.9. The van der Waals surface area contributed by atoms with E-state index >= 15 is 0 Å². The molecule has 0 aliphatic carbocycles. The summed E-state index contributed by atoms with van der Waals surface area (Å²) in [6.45, 7) is 1.37. The minimum Gasteiger partial charge on any atom is -0.497 e. The van der Waals surface area contributed by atoms with E-state index in [1.807, 2.05) is 12.1 Å². The first-order valence-corrected chi connectivity index (χ1v) is 9.95. The molecule has 0 N–H and O–H groups in total. The van der Waals surface area contributed by atoms with E-state index in [4.69, 9.17) is 9.26 Å². The number of carbonyl (C=O) groups excluding carboxylic acids is 2. The van der Waals surface area contributed by atoms with E-state index < -0.39 is 0 Å². The highest BCUT2D eigenvalue weighted by Crippen LogP contribution is 2.32. The summed E-state index contributed by atoms with van der Waals surface area (Å²) in [4.78, 5) is 41.3. The zero-order valence-electron chi connectivity index (χ0n) is 16.8. The average Bonchev–Trinajstić information content (AvgIpc) is 3.41. The lowest BCUT2D eigenvalue weighted by molar-refractivity contribution is -0.140. The van der Waals surface area contributed by atoms with Gasteiger partial charge in [0.2, 0.25) is 23.5 Å². The molecule has 0 spiro atoms. The highest BCUT2D eigenvalue weighted by Gasteiger charge is 2.42. The molecule has 1 atom stereocenters. The van der Waals surface area contributed by atoms with Gasteiger partial charge >= 0.3 is 0 Å². The molecule has 4 heterocycles. The van der Waals surface area contributed by atoms with Gasteiger partial charge in [-0.25, -0.2) is 4.98 Å². The monoisotopic (exact) mass is 420 g/mol. The Kier molecular flexibility index (Phi) is 4.81. The zero-order chi connectivity index (χ0) is 21.4. The van der Waals surface area contributed by atoms with Crippen LogP contribution in [0.4, 0.5) is 5.69 Å². The molecule has 2 saturated heterocycles. The zero-order valence-corrected chi connectivity index (χ0v) is 16.8. The summed E-state index contributed by atoms with van der Waals surface area (Å²) in [6, 6.07) is 7.26. The van der Waals surface area contributed by atoms with E-state index in [0.29, 0.717) is 37.0 Å². The molecule has 2 aliphatic rings. The van der Waals surface area contributed by atoms with Crippen LogP contribution in [0.3, 0.4) is 0 Å². The average molecular weight is 420 g/mol. The van der Waals surface area contributed by atoms with Crippen molar-refractivity contribution in [3.8, 4) is 17.3 Å². The predicted molar refractivity (Wildman–Crippen MR) is 108 cm³/mol. The second kappa shape index (κ2) is 7.78. The summed E-state index contributed by atoms with van der Waals surface area (Å²) in [6.07, 6.45) is 4.91. The highest BCUT2D eigenvalue weighted by atomic mass is 16.5. The van der Waals surface area contributed by atoms with Crippen LogP contribution in [0.15, 0.2) is 47.4 Å². The molecule has 2 aliphatic heterocycles. The fourth-order valence-corrected chi connectivity index (χ4v) is 3.88. The molecule has 5 rings (SSSR count). The van der Waals surface area contributed by atoms with E-state index in [1.54, 1.807) is 47.6 Å². The quantitative estimate of drug-likeness (QED) is 0.610. The number of anilines is 1. The third kappa shape index (κ3) is 3.60. The second-order valence-electron chi connectivity index (χ2n) is 7.59. The van der Waals surface area contributed by atoms with Gasteiger partial charge < -0.3 is 19.1 Å². The van der Waals surface area contributed by atoms with Gasteiger partial charge in [0.25, 0.3) is 0 Å². The maximum Gasteiger partial charge on any atom is 0.233 e. The van der Waals surface area contributed by atoms with Crippen LogP contribution in [0.25, 0.3) is 11.5 Å². The van der Waals surface area contributed by atoms with Crippen LogP contribution in [-0.2, 0) is 9.59 Å². The van der Waals surface area contributed by atoms with E-state index in [0.717, 1.165) is 11.4 Å². The molecular weight excluding hydrogens is 400 g/mol. The summed E-state index contributed by atoms with van der Waals surface area (Å²) >= 11 is 0. The molecule has 10 nitrogen and oxygen atoms in total. The Bertz CT molecular complexity index is 1090. The molecule has 2 aromatic heterocycles. The standard InChI is InChI=1S/C21H20N6O4/c1-30-16-4-2-15(3-5-16)27-12-13(8-18(27)28)21(29)26-10-14(11-26)20-24-19(25-31-20)17-9-22-6-7-23-17/h2-7,9,13-14H,8,10-12H2,1H3. The Labute approximate surface area is 177 Å². The Morgan fingerprint density at radius 3 is 2.68 bits per heavy atom. The summed E-state index contributed by atoms with van der Waals surface area (Å²) in [5.41, 5.74) is 1.30. The summed E-state index contributed by atoms with van der Waals surface area (Å²) in [5.74, 6) is 1.14. The van der Waals surface area contributed by atoms with Crippen LogP contribution in [-0.4, -0.2) is 63.6 Å². The third-order valence-electron chi connectivity index (χ3n) is 5.63. The lowest BCUT2D eigenvalue weighted by Crippen LogP contribution is -2.51. The van der Waals surface area contributed by atoms with Crippen molar-refractivity contribution in [3.05, 3.63) is 48.7 Å². The lowest BCUT2D eigenvalue weighted by Gasteiger charge is -2.38. The van der Waals surface area contributed by atoms with Crippen LogP contribution in [0, 0.1) is 5.92 Å². The van der Waals surface area contributed by atoms with Gasteiger partial charge in [-0.3, -0.25) is 14.6 Å². The van der Waals surface area contributed by atoms with Crippen molar-refractivity contribution in [1.29, 1.82) is 0 Å². The van der Waals surface area contributed by atoms with Gasteiger partial charge in [0.1, 0.15) is 11.4 Å². The van der Waals surface area contributed by atoms with Crippen LogP contribution < -0.4 is 9.64 Å². The van der Waals surface area contributed by atoms with E-state index in [2.05, 4.69) is 20.1 Å². The Morgan fingerprint density at radius 2 is 1.97 bits per heavy atom. The van der Waals surface area contributed by atoms with Crippen molar-refractivity contribution >= 4 is 17.5 Å². The first-order chi connectivity index (χ1) is 15.1. The van der Waals surface area contributed by atoms with E-state index in [9.17, 15) is 9.59 Å². The molecule has 0 radical (unpaired) electrons. The number of amides is 2. The molecule has 0 saturated carbocycles. The van der Waals surface area contributed by atoms with Crippen LogP contribution >= 0.6 is 0 Å². The second-order valence-corrected chi connectivity index (χ2v) is 7.59. The van der Waals surface area contributed by atoms with Gasteiger partial charge in [-0.2, -0.15) is 4.98 Å². The van der Waals surface area contributed by atoms with Crippen molar-refractivity contribution in [2.75, 3.05) is 31.6 Å². The van der Waals surface area contributed by atoms with Crippen LogP contribution in [0.1, 0.15) is 18.2 Å². The molecule has 3 aromatic rings. The predicted octanol–water partition coefficient (Wildman–Crippen LogP) is 1.51. The normalized spacial score (nSPS) is 18.9. The van der Waals surface area contributed by atoms with Gasteiger partial charge in [-0.05, 0) is 24.3 Å². The van der Waals surface area contributed by atoms with Crippen LogP contribution in [0.2, 0.25) is 0 Å². The number of aromatic nitrogens is 4. The van der Waals surface area contributed by atoms with Crippen molar-refractivity contribution in [2.24, 2.45) is 5.92 Å². The number of hydrogen-bond donors (Lipinski definition) is 0. The minimum absolute atomic E-state index is 0.0170. The smallest absolute Gasteiger partial charge is 0.233 e. The van der Waals surface area contributed by atoms with E-state index in [1.165, 1.54) is 0 Å². The Hall–Kier alpha value is -3.82. The van der Waals surface area contributed by atoms with Gasteiger partial charge in [-0.15, -0.1) is 0 Å². The number of methoxy groups -OCH3 is 1.